The van der Waals surface area contributed by atoms with Crippen molar-refractivity contribution in [2.75, 3.05) is 5.32 Å². The Morgan fingerprint density at radius 2 is 2.00 bits per heavy atom. The summed E-state index contributed by atoms with van der Waals surface area (Å²) in [5.74, 6) is -0.624. The van der Waals surface area contributed by atoms with Gasteiger partial charge in [0.15, 0.2) is 5.13 Å². The summed E-state index contributed by atoms with van der Waals surface area (Å²) in [6.07, 6.45) is 5.42. The Hall–Kier alpha value is -1.63. The lowest BCUT2D eigenvalue weighted by Crippen LogP contribution is -2.23. The molecule has 0 saturated heterocycles. The zero-order valence-corrected chi connectivity index (χ0v) is 16.3. The zero-order valence-electron chi connectivity index (χ0n) is 14.0. The van der Waals surface area contributed by atoms with Gasteiger partial charge in [-0.05, 0) is 30.0 Å². The first-order chi connectivity index (χ1) is 12.4. The molecule has 0 bridgehead atoms. The van der Waals surface area contributed by atoms with Crippen molar-refractivity contribution in [1.82, 2.24) is 4.98 Å². The van der Waals surface area contributed by atoms with Gasteiger partial charge in [-0.25, -0.2) is 4.98 Å². The summed E-state index contributed by atoms with van der Waals surface area (Å²) in [6, 6.07) is 5.30. The van der Waals surface area contributed by atoms with Gasteiger partial charge >= 0.3 is 0 Å². The van der Waals surface area contributed by atoms with Crippen LogP contribution in [0.2, 0.25) is 10.0 Å². The lowest BCUT2D eigenvalue weighted by Gasteiger charge is -2.20. The number of hydrogen-bond acceptors (Lipinski definition) is 4. The first-order valence-corrected chi connectivity index (χ1v) is 10.1. The third-order valence-corrected chi connectivity index (χ3v) is 6.19. The monoisotopic (exact) mass is 411 g/mol. The summed E-state index contributed by atoms with van der Waals surface area (Å²) in [5, 5.41) is 5.59. The first kappa shape index (κ1) is 19.1. The van der Waals surface area contributed by atoms with E-state index in [1.165, 1.54) is 29.6 Å². The molecule has 1 fully saturated rings. The molecule has 3 rings (SSSR count). The quantitative estimate of drug-likeness (QED) is 0.711. The molecular formula is C18H19Cl2N3O2S. The summed E-state index contributed by atoms with van der Waals surface area (Å²) in [4.78, 5) is 28.2. The fourth-order valence-corrected chi connectivity index (χ4v) is 4.35. The number of thiazole rings is 1. The van der Waals surface area contributed by atoms with Gasteiger partial charge in [0.2, 0.25) is 5.91 Å². The number of carbonyl (C=O) groups is 2. The molecule has 2 aromatic rings. The van der Waals surface area contributed by atoms with Crippen LogP contribution in [0.5, 0.6) is 0 Å². The second-order valence-corrected chi connectivity index (χ2v) is 8.18. The maximum atomic E-state index is 12.9. The number of amides is 2. The second-order valence-electron chi connectivity index (χ2n) is 6.50. The predicted octanol–water partition coefficient (Wildman–Crippen LogP) is 4.85. The third-order valence-electron chi connectivity index (χ3n) is 4.69. The van der Waals surface area contributed by atoms with Crippen molar-refractivity contribution in [2.45, 2.75) is 38.0 Å². The summed E-state index contributed by atoms with van der Waals surface area (Å²) < 4.78 is 0. The minimum absolute atomic E-state index is 0.146. The number of anilines is 1. The highest BCUT2D eigenvalue weighted by Crippen LogP contribution is 2.36. The first-order valence-electron chi connectivity index (χ1n) is 8.45. The van der Waals surface area contributed by atoms with Crippen LogP contribution in [0.1, 0.15) is 54.1 Å². The van der Waals surface area contributed by atoms with Gasteiger partial charge in [-0.3, -0.25) is 9.59 Å². The number of nitrogens with zero attached hydrogens (tertiary/aromatic N) is 1. The Kier molecular flexibility index (Phi) is 6.16. The Balaban J connectivity index is 1.81. The van der Waals surface area contributed by atoms with E-state index in [2.05, 4.69) is 10.3 Å². The SMILES string of the molecule is NC(=O)c1csc(NC(=O)C(CC2CCCC2)c2ccc(Cl)c(Cl)c2)n1. The number of nitrogens with one attached hydrogen (secondary N) is 1. The summed E-state index contributed by atoms with van der Waals surface area (Å²) in [5.41, 5.74) is 6.19. The van der Waals surface area contributed by atoms with Gasteiger partial charge in [-0.15, -0.1) is 11.3 Å². The van der Waals surface area contributed by atoms with Crippen LogP contribution in [-0.4, -0.2) is 16.8 Å². The standard InChI is InChI=1S/C18H19Cl2N3O2S/c19-13-6-5-11(8-14(13)20)12(7-10-3-1-2-4-10)17(25)23-18-22-15(9-26-18)16(21)24/h5-6,8-10,12H,1-4,7H2,(H2,21,24)(H,22,23,25). The van der Waals surface area contributed by atoms with Crippen LogP contribution >= 0.6 is 34.5 Å². The van der Waals surface area contributed by atoms with E-state index < -0.39 is 5.91 Å². The highest BCUT2D eigenvalue weighted by Gasteiger charge is 2.27. The summed E-state index contributed by atoms with van der Waals surface area (Å²) in [6.45, 7) is 0. The van der Waals surface area contributed by atoms with Crippen molar-refractivity contribution >= 4 is 51.5 Å². The predicted molar refractivity (Wildman–Crippen MR) is 105 cm³/mol. The topological polar surface area (TPSA) is 85.1 Å². The van der Waals surface area contributed by atoms with Gasteiger partial charge in [0.25, 0.3) is 5.91 Å². The van der Waals surface area contributed by atoms with E-state index in [1.807, 2.05) is 6.07 Å². The molecule has 3 N–H and O–H groups in total. The molecule has 1 heterocycles. The van der Waals surface area contributed by atoms with Crippen LogP contribution < -0.4 is 11.1 Å². The van der Waals surface area contributed by atoms with Crippen molar-refractivity contribution < 1.29 is 9.59 Å². The van der Waals surface area contributed by atoms with Crippen LogP contribution in [0, 0.1) is 5.92 Å². The van der Waals surface area contributed by atoms with E-state index in [-0.39, 0.29) is 17.5 Å². The van der Waals surface area contributed by atoms with Crippen LogP contribution in [0.15, 0.2) is 23.6 Å². The lowest BCUT2D eigenvalue weighted by molar-refractivity contribution is -0.118. The number of hydrogen-bond donors (Lipinski definition) is 2. The molecule has 1 aromatic carbocycles. The molecule has 0 aliphatic heterocycles. The van der Waals surface area contributed by atoms with Gasteiger partial charge in [0, 0.05) is 5.38 Å². The molecule has 26 heavy (non-hydrogen) atoms. The van der Waals surface area contributed by atoms with Crippen molar-refractivity contribution in [1.29, 1.82) is 0 Å². The molecule has 1 aliphatic rings. The van der Waals surface area contributed by atoms with Crippen molar-refractivity contribution in [2.24, 2.45) is 11.7 Å². The zero-order chi connectivity index (χ0) is 18.7. The molecule has 1 atom stereocenters. The molecule has 1 saturated carbocycles. The average molecular weight is 412 g/mol. The fraction of sp³-hybridized carbons (Fsp3) is 0.389. The number of nitrogens with two attached hydrogens (primary N) is 1. The molecule has 1 aromatic heterocycles. The fourth-order valence-electron chi connectivity index (χ4n) is 3.34. The third kappa shape index (κ3) is 4.55. The van der Waals surface area contributed by atoms with Crippen LogP contribution in [-0.2, 0) is 4.79 Å². The molecule has 5 nitrogen and oxygen atoms in total. The van der Waals surface area contributed by atoms with Gasteiger partial charge < -0.3 is 11.1 Å². The number of halogens is 2. The van der Waals surface area contributed by atoms with E-state index in [1.54, 1.807) is 12.1 Å². The van der Waals surface area contributed by atoms with Crippen molar-refractivity contribution in [3.05, 3.63) is 44.9 Å². The number of rotatable bonds is 6. The number of carbonyl (C=O) groups excluding carboxylic acids is 2. The molecule has 1 unspecified atom stereocenters. The number of aromatic nitrogens is 1. The average Bonchev–Trinajstić information content (AvgIpc) is 3.27. The molecule has 2 amide bonds. The van der Waals surface area contributed by atoms with Gasteiger partial charge in [0.1, 0.15) is 5.69 Å². The molecule has 0 spiro atoms. The summed E-state index contributed by atoms with van der Waals surface area (Å²) in [7, 11) is 0. The molecule has 138 valence electrons. The Morgan fingerprint density at radius 3 is 2.62 bits per heavy atom. The van der Waals surface area contributed by atoms with E-state index in [0.717, 1.165) is 24.8 Å². The van der Waals surface area contributed by atoms with E-state index in [4.69, 9.17) is 28.9 Å². The Bertz CT molecular complexity index is 819. The largest absolute Gasteiger partial charge is 0.364 e. The van der Waals surface area contributed by atoms with E-state index >= 15 is 0 Å². The van der Waals surface area contributed by atoms with E-state index in [9.17, 15) is 9.59 Å². The molecule has 8 heteroatoms. The number of benzene rings is 1. The minimum atomic E-state index is -0.617. The lowest BCUT2D eigenvalue weighted by atomic mass is 9.87. The smallest absolute Gasteiger partial charge is 0.268 e. The summed E-state index contributed by atoms with van der Waals surface area (Å²) >= 11 is 13.3. The van der Waals surface area contributed by atoms with Gasteiger partial charge in [0.05, 0.1) is 16.0 Å². The Morgan fingerprint density at radius 1 is 1.27 bits per heavy atom. The van der Waals surface area contributed by atoms with Crippen molar-refractivity contribution in [3.63, 3.8) is 0 Å². The number of primary amides is 1. The molecular weight excluding hydrogens is 393 g/mol. The maximum Gasteiger partial charge on any atom is 0.268 e. The van der Waals surface area contributed by atoms with E-state index in [0.29, 0.717) is 21.1 Å². The Labute approximate surface area is 165 Å². The van der Waals surface area contributed by atoms with Crippen LogP contribution in [0.25, 0.3) is 0 Å². The van der Waals surface area contributed by atoms with Crippen LogP contribution in [0.3, 0.4) is 0 Å². The van der Waals surface area contributed by atoms with Gasteiger partial charge in [-0.2, -0.15) is 0 Å². The van der Waals surface area contributed by atoms with Crippen LogP contribution in [0.4, 0.5) is 5.13 Å². The molecule has 1 aliphatic carbocycles. The van der Waals surface area contributed by atoms with Gasteiger partial charge in [-0.1, -0.05) is 55.0 Å². The highest BCUT2D eigenvalue weighted by atomic mass is 35.5. The minimum Gasteiger partial charge on any atom is -0.364 e. The van der Waals surface area contributed by atoms with Crippen molar-refractivity contribution in [3.8, 4) is 0 Å². The maximum absolute atomic E-state index is 12.9. The highest BCUT2D eigenvalue weighted by molar-refractivity contribution is 7.14. The molecule has 0 radical (unpaired) electrons. The second kappa shape index (κ2) is 8.37. The normalized spacial score (nSPS) is 15.8.